The molecular weight excluding hydrogens is 390 g/mol. The Morgan fingerprint density at radius 1 is 1.00 bits per heavy atom. The highest BCUT2D eigenvalue weighted by molar-refractivity contribution is 7.99. The number of hydrogen-bond acceptors (Lipinski definition) is 7. The van der Waals surface area contributed by atoms with Gasteiger partial charge in [0.1, 0.15) is 0 Å². The summed E-state index contributed by atoms with van der Waals surface area (Å²) in [6.45, 7) is 1.67. The molecule has 0 radical (unpaired) electrons. The number of carbonyl (C=O) groups excluding carboxylic acids is 2. The molecule has 1 heterocycles. The second-order valence-electron chi connectivity index (χ2n) is 6.24. The van der Waals surface area contributed by atoms with Crippen molar-refractivity contribution < 1.29 is 23.8 Å². The number of esters is 1. The second-order valence-corrected chi connectivity index (χ2v) is 7.23. The zero-order valence-corrected chi connectivity index (χ0v) is 17.2. The summed E-state index contributed by atoms with van der Waals surface area (Å²) in [5, 5.41) is 1.82. The Balaban J connectivity index is 1.55. The predicted octanol–water partition coefficient (Wildman–Crippen LogP) is 4.08. The van der Waals surface area contributed by atoms with Crippen molar-refractivity contribution in [3.63, 3.8) is 0 Å². The van der Waals surface area contributed by atoms with Crippen LogP contribution in [0.4, 0.5) is 0 Å². The molecule has 7 heteroatoms. The van der Waals surface area contributed by atoms with Crippen LogP contribution >= 0.6 is 11.8 Å². The molecule has 0 amide bonds. The molecule has 0 saturated heterocycles. The SMILES string of the molecule is COc1ccc(C(=O)COC(=O)CSc2cc(C)c3ccccc3n2)cc1OC. The van der Waals surface area contributed by atoms with Crippen LogP contribution in [0.25, 0.3) is 10.9 Å². The molecule has 6 nitrogen and oxygen atoms in total. The van der Waals surface area contributed by atoms with Crippen molar-refractivity contribution >= 4 is 34.4 Å². The molecule has 3 aromatic rings. The Labute approximate surface area is 173 Å². The van der Waals surface area contributed by atoms with E-state index in [0.717, 1.165) is 21.5 Å². The number of carbonyl (C=O) groups is 2. The van der Waals surface area contributed by atoms with E-state index in [-0.39, 0.29) is 18.1 Å². The van der Waals surface area contributed by atoms with Gasteiger partial charge < -0.3 is 14.2 Å². The number of aromatic nitrogens is 1. The number of aryl methyl sites for hydroxylation is 1. The molecule has 0 atom stereocenters. The number of thioether (sulfide) groups is 1. The molecule has 0 unspecified atom stereocenters. The van der Waals surface area contributed by atoms with Gasteiger partial charge in [-0.1, -0.05) is 30.0 Å². The van der Waals surface area contributed by atoms with Crippen molar-refractivity contribution in [1.29, 1.82) is 0 Å². The van der Waals surface area contributed by atoms with Crippen LogP contribution < -0.4 is 9.47 Å². The molecule has 0 spiro atoms. The van der Waals surface area contributed by atoms with Gasteiger partial charge in [0, 0.05) is 10.9 Å². The van der Waals surface area contributed by atoms with Crippen molar-refractivity contribution in [3.8, 4) is 11.5 Å². The fourth-order valence-corrected chi connectivity index (χ4v) is 3.58. The number of rotatable bonds is 8. The Morgan fingerprint density at radius 2 is 1.76 bits per heavy atom. The summed E-state index contributed by atoms with van der Waals surface area (Å²) in [6.07, 6.45) is 0. The van der Waals surface area contributed by atoms with Crippen molar-refractivity contribution in [3.05, 3.63) is 59.7 Å². The lowest BCUT2D eigenvalue weighted by atomic mass is 10.1. The van der Waals surface area contributed by atoms with Crippen LogP contribution in [-0.2, 0) is 9.53 Å². The first kappa shape index (κ1) is 20.7. The molecule has 3 rings (SSSR count). The zero-order chi connectivity index (χ0) is 20.8. The van der Waals surface area contributed by atoms with Crippen LogP contribution in [0.15, 0.2) is 53.6 Å². The number of para-hydroxylation sites is 1. The van der Waals surface area contributed by atoms with Gasteiger partial charge in [-0.15, -0.1) is 0 Å². The minimum absolute atomic E-state index is 0.0734. The Morgan fingerprint density at radius 3 is 2.52 bits per heavy atom. The van der Waals surface area contributed by atoms with Gasteiger partial charge in [0.15, 0.2) is 23.9 Å². The minimum Gasteiger partial charge on any atom is -0.493 e. The predicted molar refractivity (Wildman–Crippen MR) is 112 cm³/mol. The van der Waals surface area contributed by atoms with E-state index in [9.17, 15) is 9.59 Å². The maximum absolute atomic E-state index is 12.3. The molecule has 0 saturated carbocycles. The van der Waals surface area contributed by atoms with Gasteiger partial charge in [-0.3, -0.25) is 9.59 Å². The summed E-state index contributed by atoms with van der Waals surface area (Å²) < 4.78 is 15.5. The van der Waals surface area contributed by atoms with Gasteiger partial charge in [-0.2, -0.15) is 0 Å². The van der Waals surface area contributed by atoms with Crippen LogP contribution in [0.3, 0.4) is 0 Å². The topological polar surface area (TPSA) is 74.7 Å². The molecule has 0 aliphatic carbocycles. The quantitative estimate of drug-likeness (QED) is 0.314. The summed E-state index contributed by atoms with van der Waals surface area (Å²) >= 11 is 1.28. The third-order valence-corrected chi connectivity index (χ3v) is 5.19. The maximum Gasteiger partial charge on any atom is 0.316 e. The third-order valence-electron chi connectivity index (χ3n) is 4.31. The normalized spacial score (nSPS) is 10.6. The first-order chi connectivity index (χ1) is 14.0. The van der Waals surface area contributed by atoms with Gasteiger partial charge in [-0.25, -0.2) is 4.98 Å². The number of benzene rings is 2. The average Bonchev–Trinajstić information content (AvgIpc) is 2.75. The molecule has 150 valence electrons. The van der Waals surface area contributed by atoms with Crippen LogP contribution in [0.5, 0.6) is 11.5 Å². The standard InChI is InChI=1S/C22H21NO5S/c1-14-10-21(23-17-7-5-4-6-16(14)17)29-13-22(25)28-12-18(24)15-8-9-19(26-2)20(11-15)27-3/h4-11H,12-13H2,1-3H3. The van der Waals surface area contributed by atoms with Gasteiger partial charge in [-0.05, 0) is 42.8 Å². The van der Waals surface area contributed by atoms with Crippen molar-refractivity contribution in [2.24, 2.45) is 0 Å². The molecular formula is C22H21NO5S. The molecule has 1 aromatic heterocycles. The molecule has 0 aliphatic rings. The van der Waals surface area contributed by atoms with Crippen LogP contribution in [0, 0.1) is 6.92 Å². The van der Waals surface area contributed by atoms with E-state index < -0.39 is 5.97 Å². The second kappa shape index (κ2) is 9.43. The highest BCUT2D eigenvalue weighted by Gasteiger charge is 2.14. The van der Waals surface area contributed by atoms with Crippen LogP contribution in [-0.4, -0.2) is 43.3 Å². The summed E-state index contributed by atoms with van der Waals surface area (Å²) in [5.41, 5.74) is 2.36. The summed E-state index contributed by atoms with van der Waals surface area (Å²) in [7, 11) is 3.01. The summed E-state index contributed by atoms with van der Waals surface area (Å²) in [4.78, 5) is 28.9. The molecule has 0 N–H and O–H groups in total. The van der Waals surface area contributed by atoms with Crippen molar-refractivity contribution in [2.45, 2.75) is 11.9 Å². The highest BCUT2D eigenvalue weighted by Crippen LogP contribution is 2.28. The van der Waals surface area contributed by atoms with E-state index in [0.29, 0.717) is 17.1 Å². The maximum atomic E-state index is 12.3. The van der Waals surface area contributed by atoms with E-state index in [1.807, 2.05) is 37.3 Å². The lowest BCUT2D eigenvalue weighted by Gasteiger charge is -2.09. The van der Waals surface area contributed by atoms with E-state index in [4.69, 9.17) is 14.2 Å². The summed E-state index contributed by atoms with van der Waals surface area (Å²) in [6, 6.07) is 14.6. The molecule has 2 aromatic carbocycles. The molecule has 29 heavy (non-hydrogen) atoms. The van der Waals surface area contributed by atoms with Crippen LogP contribution in [0.2, 0.25) is 0 Å². The molecule has 0 fully saturated rings. The van der Waals surface area contributed by atoms with Gasteiger partial charge >= 0.3 is 5.97 Å². The van der Waals surface area contributed by atoms with Crippen molar-refractivity contribution in [2.75, 3.05) is 26.6 Å². The first-order valence-electron chi connectivity index (χ1n) is 8.92. The fraction of sp³-hybridized carbons (Fsp3) is 0.227. The van der Waals surface area contributed by atoms with Gasteiger partial charge in [0.25, 0.3) is 0 Å². The molecule has 0 aliphatic heterocycles. The lowest BCUT2D eigenvalue weighted by molar-refractivity contribution is -0.139. The van der Waals surface area contributed by atoms with Gasteiger partial charge in [0.05, 0.1) is 30.5 Å². The number of nitrogens with zero attached hydrogens (tertiary/aromatic N) is 1. The average molecular weight is 411 g/mol. The highest BCUT2D eigenvalue weighted by atomic mass is 32.2. The Kier molecular flexibility index (Phi) is 6.72. The number of ether oxygens (including phenoxy) is 3. The number of fused-ring (bicyclic) bond motifs is 1. The number of hydrogen-bond donors (Lipinski definition) is 0. The minimum atomic E-state index is -0.476. The van der Waals surface area contributed by atoms with Crippen LogP contribution in [0.1, 0.15) is 15.9 Å². The monoisotopic (exact) mass is 411 g/mol. The molecule has 0 bridgehead atoms. The number of ketones is 1. The Bertz CT molecular complexity index is 1050. The smallest absolute Gasteiger partial charge is 0.316 e. The van der Waals surface area contributed by atoms with E-state index >= 15 is 0 Å². The summed E-state index contributed by atoms with van der Waals surface area (Å²) in [5.74, 6) is 0.248. The van der Waals surface area contributed by atoms with E-state index in [1.54, 1.807) is 18.2 Å². The number of Topliss-reactive ketones (excluding diaryl/α,β-unsaturated/α-hetero) is 1. The first-order valence-corrected chi connectivity index (χ1v) is 9.90. The number of methoxy groups -OCH3 is 2. The van der Waals surface area contributed by atoms with Crippen molar-refractivity contribution in [1.82, 2.24) is 4.98 Å². The number of pyridine rings is 1. The zero-order valence-electron chi connectivity index (χ0n) is 16.4. The lowest BCUT2D eigenvalue weighted by Crippen LogP contribution is -2.15. The van der Waals surface area contributed by atoms with E-state index in [2.05, 4.69) is 4.98 Å². The Hall–Kier alpha value is -3.06. The fourth-order valence-electron chi connectivity index (χ4n) is 2.81. The van der Waals surface area contributed by atoms with E-state index in [1.165, 1.54) is 26.0 Å². The van der Waals surface area contributed by atoms with Gasteiger partial charge in [0.2, 0.25) is 0 Å². The third kappa shape index (κ3) is 5.06. The largest absolute Gasteiger partial charge is 0.493 e.